The van der Waals surface area contributed by atoms with E-state index in [0.29, 0.717) is 23.5 Å². The van der Waals surface area contributed by atoms with Crippen molar-refractivity contribution in [2.75, 3.05) is 48.8 Å². The van der Waals surface area contributed by atoms with Gasteiger partial charge in [0, 0.05) is 31.4 Å². The molecule has 1 aromatic carbocycles. The van der Waals surface area contributed by atoms with Crippen LogP contribution in [0.5, 0.6) is 0 Å². The smallest absolute Gasteiger partial charge is 0.412 e. The van der Waals surface area contributed by atoms with Gasteiger partial charge in [-0.1, -0.05) is 0 Å². The molecule has 7 heteroatoms. The van der Waals surface area contributed by atoms with Gasteiger partial charge in [-0.3, -0.25) is 10.2 Å². The van der Waals surface area contributed by atoms with Gasteiger partial charge in [0.15, 0.2) is 0 Å². The van der Waals surface area contributed by atoms with E-state index in [2.05, 4.69) is 22.0 Å². The van der Waals surface area contributed by atoms with Crippen LogP contribution in [0.3, 0.4) is 0 Å². The van der Waals surface area contributed by atoms with Gasteiger partial charge in [0.25, 0.3) is 0 Å². The number of benzene rings is 1. The summed E-state index contributed by atoms with van der Waals surface area (Å²) in [5.41, 5.74) is 7.67. The fourth-order valence-electron chi connectivity index (χ4n) is 3.43. The van der Waals surface area contributed by atoms with E-state index < -0.39 is 11.7 Å². The first-order valence-electron chi connectivity index (χ1n) is 9.21. The minimum absolute atomic E-state index is 0.326. The molecule has 0 radical (unpaired) electrons. The minimum atomic E-state index is -0.547. The molecule has 1 aromatic rings. The van der Waals surface area contributed by atoms with Gasteiger partial charge in [-0.2, -0.15) is 0 Å². The van der Waals surface area contributed by atoms with Crippen LogP contribution in [0.25, 0.3) is 0 Å². The highest BCUT2D eigenvalue weighted by atomic mass is 16.6. The number of piperazine rings is 1. The van der Waals surface area contributed by atoms with E-state index in [1.165, 1.54) is 0 Å². The van der Waals surface area contributed by atoms with Crippen molar-refractivity contribution >= 4 is 23.2 Å². The lowest BCUT2D eigenvalue weighted by atomic mass is 10.1. The maximum atomic E-state index is 12.2. The molecule has 0 bridgehead atoms. The molecule has 0 spiro atoms. The van der Waals surface area contributed by atoms with Crippen LogP contribution in [0.15, 0.2) is 18.2 Å². The molecule has 2 heterocycles. The molecule has 2 aliphatic heterocycles. The summed E-state index contributed by atoms with van der Waals surface area (Å²) in [5, 5.41) is 2.87. The number of hydrogen-bond acceptors (Lipinski definition) is 6. The van der Waals surface area contributed by atoms with Crippen molar-refractivity contribution in [2.24, 2.45) is 0 Å². The van der Waals surface area contributed by atoms with Crippen LogP contribution in [0, 0.1) is 0 Å². The van der Waals surface area contributed by atoms with Gasteiger partial charge in [-0.05, 0) is 45.9 Å². The lowest BCUT2D eigenvalue weighted by Crippen LogP contribution is -2.59. The Morgan fingerprint density at radius 1 is 1.31 bits per heavy atom. The Bertz CT molecular complexity index is 655. The number of anilines is 3. The second-order valence-electron chi connectivity index (χ2n) is 8.13. The van der Waals surface area contributed by atoms with Gasteiger partial charge in [-0.15, -0.1) is 0 Å². The molecule has 26 heavy (non-hydrogen) atoms. The van der Waals surface area contributed by atoms with Gasteiger partial charge in [0.05, 0.1) is 30.6 Å². The summed E-state index contributed by atoms with van der Waals surface area (Å²) in [6.07, 6.45) is -0.470. The van der Waals surface area contributed by atoms with Crippen molar-refractivity contribution in [1.82, 2.24) is 4.90 Å². The summed E-state index contributed by atoms with van der Waals surface area (Å²) in [4.78, 5) is 17.0. The normalized spacial score (nSPS) is 22.0. The third kappa shape index (κ3) is 4.40. The molecular weight excluding hydrogens is 332 g/mol. The number of nitrogens with zero attached hydrogens (tertiary/aromatic N) is 2. The predicted molar refractivity (Wildman–Crippen MR) is 104 cm³/mol. The van der Waals surface area contributed by atoms with Crippen molar-refractivity contribution in [3.8, 4) is 0 Å². The van der Waals surface area contributed by atoms with Gasteiger partial charge in [0.1, 0.15) is 5.60 Å². The van der Waals surface area contributed by atoms with Gasteiger partial charge in [-0.25, -0.2) is 4.79 Å². The molecule has 1 amide bonds. The maximum Gasteiger partial charge on any atom is 0.412 e. The highest BCUT2D eigenvalue weighted by Gasteiger charge is 2.33. The standard InChI is InChI=1S/C19H30N4O3/c1-13-10-22(15-11-25-12-15)7-8-23(13)17-6-5-14(20)9-16(17)21-18(24)26-19(2,3)4/h5-6,9,13,15H,7-8,10-12,20H2,1-4H3,(H,21,24)/t13-/m0/s1. The fraction of sp³-hybridized carbons (Fsp3) is 0.632. The lowest BCUT2D eigenvalue weighted by molar-refractivity contribution is -0.0691. The molecular formula is C19H30N4O3. The number of carbonyl (C=O) groups is 1. The molecule has 3 rings (SSSR count). The Morgan fingerprint density at radius 2 is 2.04 bits per heavy atom. The molecule has 0 saturated carbocycles. The number of rotatable bonds is 3. The molecule has 7 nitrogen and oxygen atoms in total. The molecule has 2 aliphatic rings. The second-order valence-corrected chi connectivity index (χ2v) is 8.13. The predicted octanol–water partition coefficient (Wildman–Crippen LogP) is 2.53. The van der Waals surface area contributed by atoms with E-state index in [4.69, 9.17) is 15.2 Å². The van der Waals surface area contributed by atoms with Crippen LogP contribution in [-0.2, 0) is 9.47 Å². The van der Waals surface area contributed by atoms with Crippen molar-refractivity contribution in [3.63, 3.8) is 0 Å². The largest absolute Gasteiger partial charge is 0.444 e. The Hall–Kier alpha value is -1.99. The summed E-state index contributed by atoms with van der Waals surface area (Å²) in [5.74, 6) is 0. The topological polar surface area (TPSA) is 80.1 Å². The van der Waals surface area contributed by atoms with Crippen LogP contribution in [0.1, 0.15) is 27.7 Å². The number of nitrogen functional groups attached to an aromatic ring is 1. The van der Waals surface area contributed by atoms with Crippen molar-refractivity contribution in [3.05, 3.63) is 18.2 Å². The fourth-order valence-corrected chi connectivity index (χ4v) is 3.43. The van der Waals surface area contributed by atoms with E-state index in [9.17, 15) is 4.79 Å². The zero-order chi connectivity index (χ0) is 18.9. The van der Waals surface area contributed by atoms with E-state index in [1.807, 2.05) is 32.9 Å². The van der Waals surface area contributed by atoms with Crippen LogP contribution in [-0.4, -0.2) is 61.5 Å². The highest BCUT2D eigenvalue weighted by molar-refractivity contribution is 5.91. The Morgan fingerprint density at radius 3 is 2.62 bits per heavy atom. The molecule has 2 fully saturated rings. The zero-order valence-electron chi connectivity index (χ0n) is 16.1. The molecule has 1 atom stereocenters. The number of carbonyl (C=O) groups excluding carboxylic acids is 1. The molecule has 144 valence electrons. The van der Waals surface area contributed by atoms with Gasteiger partial charge in [0.2, 0.25) is 0 Å². The number of nitrogens with two attached hydrogens (primary N) is 1. The quantitative estimate of drug-likeness (QED) is 0.805. The molecule has 0 unspecified atom stereocenters. The first kappa shape index (κ1) is 18.8. The number of nitrogens with one attached hydrogen (secondary N) is 1. The van der Waals surface area contributed by atoms with Crippen molar-refractivity contribution < 1.29 is 14.3 Å². The highest BCUT2D eigenvalue weighted by Crippen LogP contribution is 2.32. The van der Waals surface area contributed by atoms with Crippen molar-refractivity contribution in [2.45, 2.75) is 45.4 Å². The van der Waals surface area contributed by atoms with Crippen LogP contribution in [0.2, 0.25) is 0 Å². The molecule has 0 aliphatic carbocycles. The van der Waals surface area contributed by atoms with E-state index in [1.54, 1.807) is 6.07 Å². The van der Waals surface area contributed by atoms with E-state index in [-0.39, 0.29) is 0 Å². The SMILES string of the molecule is C[C@H]1CN(C2COC2)CCN1c1ccc(N)cc1NC(=O)OC(C)(C)C. The summed E-state index contributed by atoms with van der Waals surface area (Å²) in [7, 11) is 0. The second kappa shape index (κ2) is 7.32. The number of hydrogen-bond donors (Lipinski definition) is 2. The minimum Gasteiger partial charge on any atom is -0.444 e. The average Bonchev–Trinajstić information content (AvgIpc) is 2.44. The molecule has 2 saturated heterocycles. The van der Waals surface area contributed by atoms with Gasteiger partial charge >= 0.3 is 6.09 Å². The third-order valence-electron chi connectivity index (χ3n) is 4.76. The molecule has 3 N–H and O–H groups in total. The lowest BCUT2D eigenvalue weighted by Gasteiger charge is -2.46. The Kier molecular flexibility index (Phi) is 5.29. The van der Waals surface area contributed by atoms with E-state index in [0.717, 1.165) is 38.5 Å². The number of ether oxygens (including phenoxy) is 2. The first-order valence-corrected chi connectivity index (χ1v) is 9.21. The number of amides is 1. The Labute approximate surface area is 155 Å². The van der Waals surface area contributed by atoms with Crippen LogP contribution < -0.4 is 16.0 Å². The van der Waals surface area contributed by atoms with Crippen LogP contribution in [0.4, 0.5) is 21.9 Å². The monoisotopic (exact) mass is 362 g/mol. The Balaban J connectivity index is 1.74. The van der Waals surface area contributed by atoms with Crippen LogP contribution >= 0.6 is 0 Å². The van der Waals surface area contributed by atoms with Crippen molar-refractivity contribution in [1.29, 1.82) is 0 Å². The average molecular weight is 362 g/mol. The zero-order valence-corrected chi connectivity index (χ0v) is 16.1. The maximum absolute atomic E-state index is 12.2. The first-order chi connectivity index (χ1) is 12.2. The summed E-state index contributed by atoms with van der Waals surface area (Å²) in [6, 6.07) is 6.50. The van der Waals surface area contributed by atoms with Gasteiger partial charge < -0.3 is 20.1 Å². The summed E-state index contributed by atoms with van der Waals surface area (Å²) in [6.45, 7) is 12.3. The third-order valence-corrected chi connectivity index (χ3v) is 4.76. The summed E-state index contributed by atoms with van der Waals surface area (Å²) < 4.78 is 10.7. The summed E-state index contributed by atoms with van der Waals surface area (Å²) >= 11 is 0. The molecule has 0 aromatic heterocycles. The van der Waals surface area contributed by atoms with E-state index >= 15 is 0 Å².